The molecule has 1 fully saturated rings. The molecule has 1 aliphatic heterocycles. The first kappa shape index (κ1) is 35.1. The first-order valence-corrected chi connectivity index (χ1v) is 14.5. The summed E-state index contributed by atoms with van der Waals surface area (Å²) in [6, 6.07) is 0. The predicted molar refractivity (Wildman–Crippen MR) is 141 cm³/mol. The monoisotopic (exact) mass is 657 g/mol. The molecule has 21 heteroatoms. The third-order valence-corrected chi connectivity index (χ3v) is 6.79. The van der Waals surface area contributed by atoms with Gasteiger partial charge in [-0.15, -0.1) is 0 Å². The van der Waals surface area contributed by atoms with Crippen LogP contribution in [-0.2, 0) is 41.8 Å². The fourth-order valence-electron chi connectivity index (χ4n) is 3.70. The number of aromatic nitrogens is 4. The standard InChI is InChI=1S/C23H34F2N5O13P/c1-7-35-16-14-15(28-19(26)29-16)30(9-27-14)18-22(6,33)17(24)23(25,43-18)8-38-44(34,39-10-36-20(31)41-12(2)3)40-11-37-21(32)42-13(4)5/h9,12-13,17-18,33H,7-8,10-11H2,1-6H3,(H2,26,28,29)/t17-,18+,22+,23+/m0/s1. The lowest BCUT2D eigenvalue weighted by Crippen LogP contribution is -2.46. The van der Waals surface area contributed by atoms with Gasteiger partial charge in [0, 0.05) is 0 Å². The van der Waals surface area contributed by atoms with E-state index < -0.39 is 76.4 Å². The Bertz CT molecular complexity index is 1330. The number of hydrogen-bond acceptors (Lipinski definition) is 17. The molecule has 0 amide bonds. The van der Waals surface area contributed by atoms with Gasteiger partial charge in [-0.1, -0.05) is 0 Å². The Morgan fingerprint density at radius 1 is 1.11 bits per heavy atom. The summed E-state index contributed by atoms with van der Waals surface area (Å²) in [7, 11) is -5.01. The fraction of sp³-hybridized carbons (Fsp3) is 0.696. The third-order valence-electron chi connectivity index (χ3n) is 5.50. The summed E-state index contributed by atoms with van der Waals surface area (Å²) in [5.41, 5.74) is 3.11. The smallest absolute Gasteiger partial charge is 0.476 e. The number of phosphoric acid groups is 1. The molecule has 3 rings (SSSR count). The van der Waals surface area contributed by atoms with E-state index in [1.54, 1.807) is 6.92 Å². The molecule has 2 aromatic heterocycles. The summed E-state index contributed by atoms with van der Waals surface area (Å²) in [6.45, 7) is 5.16. The molecule has 3 heterocycles. The highest BCUT2D eigenvalue weighted by Gasteiger charge is 2.65. The molecule has 3 N–H and O–H groups in total. The minimum atomic E-state index is -5.01. The molecule has 0 radical (unpaired) electrons. The molecule has 1 saturated heterocycles. The number of carbonyl (C=O) groups is 2. The van der Waals surface area contributed by atoms with E-state index in [2.05, 4.69) is 24.4 Å². The number of alkyl halides is 2. The van der Waals surface area contributed by atoms with Crippen LogP contribution in [0.1, 0.15) is 47.8 Å². The average molecular weight is 658 g/mol. The number of aliphatic hydroxyl groups is 1. The zero-order valence-corrected chi connectivity index (χ0v) is 25.5. The highest BCUT2D eigenvalue weighted by Crippen LogP contribution is 2.54. The number of fused-ring (bicyclic) bond motifs is 1. The van der Waals surface area contributed by atoms with Crippen molar-refractivity contribution in [3.63, 3.8) is 0 Å². The lowest BCUT2D eigenvalue weighted by molar-refractivity contribution is -0.195. The Morgan fingerprint density at radius 2 is 1.68 bits per heavy atom. The van der Waals surface area contributed by atoms with Crippen LogP contribution in [-0.4, -0.2) is 93.6 Å². The van der Waals surface area contributed by atoms with Crippen LogP contribution in [0.4, 0.5) is 24.3 Å². The summed E-state index contributed by atoms with van der Waals surface area (Å²) in [5.74, 6) is -3.78. The van der Waals surface area contributed by atoms with Gasteiger partial charge in [0.15, 0.2) is 23.6 Å². The average Bonchev–Trinajstić information content (AvgIpc) is 3.39. The van der Waals surface area contributed by atoms with Crippen LogP contribution in [0.5, 0.6) is 5.88 Å². The van der Waals surface area contributed by atoms with Crippen molar-refractivity contribution in [3.8, 4) is 5.88 Å². The normalized spacial score (nSPS) is 23.7. The van der Waals surface area contributed by atoms with Gasteiger partial charge in [0.1, 0.15) is 12.2 Å². The van der Waals surface area contributed by atoms with E-state index in [-0.39, 0.29) is 29.6 Å². The maximum Gasteiger partial charge on any atom is 0.510 e. The number of nitrogen functional groups attached to an aromatic ring is 1. The summed E-state index contributed by atoms with van der Waals surface area (Å²) in [6.07, 6.45) is -7.20. The highest BCUT2D eigenvalue weighted by molar-refractivity contribution is 7.48. The number of nitrogens with zero attached hydrogens (tertiary/aromatic N) is 4. The van der Waals surface area contributed by atoms with Crippen molar-refractivity contribution in [1.29, 1.82) is 0 Å². The first-order chi connectivity index (χ1) is 20.5. The molecule has 0 unspecified atom stereocenters. The summed E-state index contributed by atoms with van der Waals surface area (Å²) in [5, 5.41) is 11.0. The molecular formula is C23H34F2N5O13P. The van der Waals surface area contributed by atoms with Crippen LogP contribution < -0.4 is 10.5 Å². The second-order valence-corrected chi connectivity index (χ2v) is 11.5. The van der Waals surface area contributed by atoms with E-state index in [1.807, 2.05) is 0 Å². The molecule has 1 aliphatic rings. The van der Waals surface area contributed by atoms with Gasteiger partial charge >= 0.3 is 20.1 Å². The second-order valence-electron chi connectivity index (χ2n) is 9.83. The molecule has 0 aliphatic carbocycles. The summed E-state index contributed by atoms with van der Waals surface area (Å²) in [4.78, 5) is 35.3. The number of imidazole rings is 1. The van der Waals surface area contributed by atoms with Crippen LogP contribution in [0.15, 0.2) is 6.33 Å². The van der Waals surface area contributed by atoms with Crippen LogP contribution in [0.2, 0.25) is 0 Å². The lowest BCUT2D eigenvalue weighted by Gasteiger charge is -2.26. The fourth-order valence-corrected chi connectivity index (χ4v) is 4.62. The number of carbonyl (C=O) groups excluding carboxylic acids is 2. The van der Waals surface area contributed by atoms with Gasteiger partial charge in [0.2, 0.25) is 25.4 Å². The molecule has 2 aromatic rings. The summed E-state index contributed by atoms with van der Waals surface area (Å²) >= 11 is 0. The van der Waals surface area contributed by atoms with Gasteiger partial charge in [0.25, 0.3) is 5.85 Å². The van der Waals surface area contributed by atoms with Gasteiger partial charge in [-0.3, -0.25) is 9.09 Å². The minimum Gasteiger partial charge on any atom is -0.476 e. The molecular weight excluding hydrogens is 623 g/mol. The van der Waals surface area contributed by atoms with E-state index in [9.17, 15) is 19.3 Å². The lowest BCUT2D eigenvalue weighted by atomic mass is 9.97. The second kappa shape index (κ2) is 14.1. The Morgan fingerprint density at radius 3 is 2.20 bits per heavy atom. The molecule has 44 heavy (non-hydrogen) atoms. The van der Waals surface area contributed by atoms with Crippen molar-refractivity contribution in [3.05, 3.63) is 6.33 Å². The van der Waals surface area contributed by atoms with Crippen molar-refractivity contribution in [2.45, 2.75) is 77.6 Å². The molecule has 0 spiro atoms. The quantitative estimate of drug-likeness (QED) is 0.169. The Kier molecular flexibility index (Phi) is 11.3. The molecule has 0 aromatic carbocycles. The molecule has 0 bridgehead atoms. The maximum absolute atomic E-state index is 16.0. The van der Waals surface area contributed by atoms with E-state index in [1.165, 1.54) is 27.7 Å². The SMILES string of the molecule is CCOc1nc(N)nc2c1ncn2[C@@H]1O[C@](F)(COP(=O)(OCOC(=O)OC(C)C)OCOC(=O)OC(C)C)[C@@H](F)[C@@]1(C)O. The molecule has 0 saturated carbocycles. The number of halogens is 2. The van der Waals surface area contributed by atoms with Crippen molar-refractivity contribution >= 4 is 37.2 Å². The Labute approximate surface area is 249 Å². The Balaban J connectivity index is 1.80. The van der Waals surface area contributed by atoms with Crippen molar-refractivity contribution < 1.29 is 70.0 Å². The molecule has 248 valence electrons. The van der Waals surface area contributed by atoms with E-state index in [0.717, 1.165) is 17.8 Å². The largest absolute Gasteiger partial charge is 0.510 e. The zero-order chi connectivity index (χ0) is 32.9. The van der Waals surface area contributed by atoms with Gasteiger partial charge in [-0.05, 0) is 41.5 Å². The van der Waals surface area contributed by atoms with Gasteiger partial charge in [0.05, 0.1) is 25.1 Å². The predicted octanol–water partition coefficient (Wildman–Crippen LogP) is 3.29. The van der Waals surface area contributed by atoms with Crippen LogP contribution in [0.25, 0.3) is 11.2 Å². The number of anilines is 1. The van der Waals surface area contributed by atoms with Crippen molar-refractivity contribution in [2.75, 3.05) is 32.5 Å². The van der Waals surface area contributed by atoms with Crippen LogP contribution >= 0.6 is 7.82 Å². The third kappa shape index (κ3) is 8.39. The van der Waals surface area contributed by atoms with Crippen molar-refractivity contribution in [1.82, 2.24) is 19.5 Å². The number of nitrogens with two attached hydrogens (primary N) is 1. The maximum atomic E-state index is 16.0. The summed E-state index contributed by atoms with van der Waals surface area (Å²) < 4.78 is 89.6. The van der Waals surface area contributed by atoms with Gasteiger partial charge in [-0.25, -0.2) is 37.0 Å². The van der Waals surface area contributed by atoms with Gasteiger partial charge in [-0.2, -0.15) is 9.97 Å². The number of phosphoric ester groups is 1. The topological polar surface area (TPSA) is 224 Å². The van der Waals surface area contributed by atoms with Crippen LogP contribution in [0, 0.1) is 0 Å². The minimum absolute atomic E-state index is 0.0211. The van der Waals surface area contributed by atoms with Crippen molar-refractivity contribution in [2.24, 2.45) is 0 Å². The number of ether oxygens (including phenoxy) is 6. The van der Waals surface area contributed by atoms with E-state index >= 15 is 8.78 Å². The van der Waals surface area contributed by atoms with Gasteiger partial charge < -0.3 is 39.3 Å². The molecule has 18 nitrogen and oxygen atoms in total. The number of rotatable bonds is 14. The number of hydrogen-bond donors (Lipinski definition) is 2. The molecule has 4 atom stereocenters. The first-order valence-electron chi connectivity index (χ1n) is 13.1. The highest BCUT2D eigenvalue weighted by atomic mass is 31.2. The van der Waals surface area contributed by atoms with Crippen LogP contribution in [0.3, 0.4) is 0 Å². The van der Waals surface area contributed by atoms with E-state index in [4.69, 9.17) is 38.3 Å². The van der Waals surface area contributed by atoms with E-state index in [0.29, 0.717) is 0 Å². The Hall–Kier alpha value is -3.42. The zero-order valence-electron chi connectivity index (χ0n) is 24.6.